The van der Waals surface area contributed by atoms with E-state index in [1.165, 1.54) is 0 Å². The molecule has 0 fully saturated rings. The molecule has 0 heterocycles. The lowest BCUT2D eigenvalue weighted by Crippen LogP contribution is -1.80. The molecule has 0 amide bonds. The van der Waals surface area contributed by atoms with Gasteiger partial charge in [0, 0.05) is 20.8 Å². The second-order valence-corrected chi connectivity index (χ2v) is 2.33. The number of hydrogen-bond acceptors (Lipinski definition) is 2. The van der Waals surface area contributed by atoms with Crippen LogP contribution in [-0.2, 0) is 9.47 Å². The normalized spacial score (nSPS) is 9.67. The molecule has 0 bridgehead atoms. The van der Waals surface area contributed by atoms with Gasteiger partial charge < -0.3 is 9.47 Å². The van der Waals surface area contributed by atoms with Gasteiger partial charge in [-0.15, -0.1) is 0 Å². The van der Waals surface area contributed by atoms with Crippen LogP contribution in [0.3, 0.4) is 0 Å². The van der Waals surface area contributed by atoms with Crippen molar-refractivity contribution in [2.45, 2.75) is 26.7 Å². The van der Waals surface area contributed by atoms with Crippen LogP contribution in [0.25, 0.3) is 0 Å². The first-order chi connectivity index (χ1) is 5.83. The van der Waals surface area contributed by atoms with Gasteiger partial charge in [-0.2, -0.15) is 0 Å². The summed E-state index contributed by atoms with van der Waals surface area (Å²) < 4.78 is 9.45. The van der Waals surface area contributed by atoms with Crippen molar-refractivity contribution in [2.75, 3.05) is 27.4 Å². The van der Waals surface area contributed by atoms with Crippen LogP contribution in [0.4, 0.5) is 0 Å². The third-order valence-corrected chi connectivity index (χ3v) is 1.07. The number of rotatable bonds is 5. The summed E-state index contributed by atoms with van der Waals surface area (Å²) in [6.45, 7) is 5.82. The summed E-state index contributed by atoms with van der Waals surface area (Å²) in [4.78, 5) is 0. The van der Waals surface area contributed by atoms with Crippen LogP contribution in [0.15, 0.2) is 12.2 Å². The van der Waals surface area contributed by atoms with E-state index >= 15 is 0 Å². The van der Waals surface area contributed by atoms with E-state index in [0.717, 1.165) is 26.1 Å². The Morgan fingerprint density at radius 1 is 1.00 bits per heavy atom. The minimum atomic E-state index is 0.744. The van der Waals surface area contributed by atoms with Gasteiger partial charge in [0.1, 0.15) is 0 Å². The number of allylic oxidation sites excluding steroid dienone is 1. The van der Waals surface area contributed by atoms with E-state index in [0.29, 0.717) is 0 Å². The second kappa shape index (κ2) is 17.0. The molecule has 0 spiro atoms. The van der Waals surface area contributed by atoms with E-state index in [1.807, 2.05) is 6.08 Å². The Bertz CT molecular complexity index is 77.9. The molecule has 0 aliphatic carbocycles. The van der Waals surface area contributed by atoms with Crippen LogP contribution >= 0.6 is 0 Å². The molecule has 12 heavy (non-hydrogen) atoms. The summed E-state index contributed by atoms with van der Waals surface area (Å²) in [6, 6.07) is 0. The van der Waals surface area contributed by atoms with Crippen molar-refractivity contribution >= 4 is 0 Å². The average Bonchev–Trinajstić information content (AvgIpc) is 2.08. The van der Waals surface area contributed by atoms with Crippen molar-refractivity contribution in [1.29, 1.82) is 0 Å². The van der Waals surface area contributed by atoms with Crippen molar-refractivity contribution in [3.63, 3.8) is 0 Å². The molecule has 0 N–H and O–H groups in total. The predicted molar refractivity (Wildman–Crippen MR) is 53.5 cm³/mol. The Kier molecular flexibility index (Phi) is 20.1. The molecule has 0 atom stereocenters. The van der Waals surface area contributed by atoms with Crippen LogP contribution < -0.4 is 0 Å². The Morgan fingerprint density at radius 2 is 1.67 bits per heavy atom. The summed E-state index contributed by atoms with van der Waals surface area (Å²) in [6.07, 6.45) is 6.32. The van der Waals surface area contributed by atoms with Gasteiger partial charge >= 0.3 is 0 Å². The Morgan fingerprint density at radius 3 is 1.92 bits per heavy atom. The number of hydrogen-bond donors (Lipinski definition) is 0. The van der Waals surface area contributed by atoms with Gasteiger partial charge in [0.2, 0.25) is 0 Å². The smallest absolute Gasteiger partial charge is 0.0643 e. The highest BCUT2D eigenvalue weighted by molar-refractivity contribution is 4.79. The zero-order valence-electron chi connectivity index (χ0n) is 8.80. The van der Waals surface area contributed by atoms with E-state index in [4.69, 9.17) is 9.47 Å². The van der Waals surface area contributed by atoms with Gasteiger partial charge in [-0.3, -0.25) is 0 Å². The van der Waals surface area contributed by atoms with Crippen LogP contribution in [0.2, 0.25) is 0 Å². The molecule has 0 aromatic rings. The van der Waals surface area contributed by atoms with Crippen molar-refractivity contribution < 1.29 is 9.47 Å². The van der Waals surface area contributed by atoms with E-state index in [9.17, 15) is 0 Å². The fourth-order valence-electron chi connectivity index (χ4n) is 0.535. The zero-order valence-corrected chi connectivity index (χ0v) is 8.80. The lowest BCUT2D eigenvalue weighted by atomic mass is 10.4. The molecule has 0 rings (SSSR count). The third-order valence-electron chi connectivity index (χ3n) is 1.07. The first-order valence-electron chi connectivity index (χ1n) is 4.46. The highest BCUT2D eigenvalue weighted by atomic mass is 16.5. The Balaban J connectivity index is 0. The van der Waals surface area contributed by atoms with E-state index in [2.05, 4.69) is 19.9 Å². The fraction of sp³-hybridized carbons (Fsp3) is 0.800. The molecular formula is C10H22O2. The molecule has 0 aliphatic heterocycles. The maximum absolute atomic E-state index is 4.76. The summed E-state index contributed by atoms with van der Waals surface area (Å²) in [5, 5.41) is 0. The number of methoxy groups -OCH3 is 2. The fourth-order valence-corrected chi connectivity index (χ4v) is 0.535. The SMILES string of the molecule is CC/C=C/COC.CCCOC. The summed E-state index contributed by atoms with van der Waals surface area (Å²) in [7, 11) is 3.41. The lowest BCUT2D eigenvalue weighted by Gasteiger charge is -1.84. The summed E-state index contributed by atoms with van der Waals surface area (Å²) in [5.74, 6) is 0. The molecule has 74 valence electrons. The summed E-state index contributed by atoms with van der Waals surface area (Å²) in [5.41, 5.74) is 0. The van der Waals surface area contributed by atoms with Gasteiger partial charge in [0.05, 0.1) is 6.61 Å². The van der Waals surface area contributed by atoms with E-state index in [-0.39, 0.29) is 0 Å². The van der Waals surface area contributed by atoms with Crippen LogP contribution in [0.1, 0.15) is 26.7 Å². The molecule has 0 aliphatic rings. The van der Waals surface area contributed by atoms with Gasteiger partial charge in [-0.25, -0.2) is 0 Å². The van der Waals surface area contributed by atoms with Crippen LogP contribution in [0, 0.1) is 0 Å². The van der Waals surface area contributed by atoms with Crippen molar-refractivity contribution in [3.8, 4) is 0 Å². The maximum atomic E-state index is 4.76. The third kappa shape index (κ3) is 22.6. The second-order valence-electron chi connectivity index (χ2n) is 2.33. The monoisotopic (exact) mass is 174 g/mol. The minimum absolute atomic E-state index is 0.744. The first kappa shape index (κ1) is 14.2. The molecule has 0 radical (unpaired) electrons. The zero-order chi connectivity index (χ0) is 9.66. The molecular weight excluding hydrogens is 152 g/mol. The topological polar surface area (TPSA) is 18.5 Å². The van der Waals surface area contributed by atoms with Crippen LogP contribution in [-0.4, -0.2) is 27.4 Å². The standard InChI is InChI=1S/C6H12O.C4H10O/c1-3-4-5-6-7-2;1-3-4-5-2/h4-5H,3,6H2,1-2H3;3-4H2,1-2H3/b5-4+;. The van der Waals surface area contributed by atoms with Crippen molar-refractivity contribution in [2.24, 2.45) is 0 Å². The molecule has 0 unspecified atom stereocenters. The predicted octanol–water partition coefficient (Wildman–Crippen LogP) is 2.64. The van der Waals surface area contributed by atoms with Gasteiger partial charge in [0.25, 0.3) is 0 Å². The Labute approximate surface area is 76.6 Å². The number of ether oxygens (including phenoxy) is 2. The quantitative estimate of drug-likeness (QED) is 0.596. The van der Waals surface area contributed by atoms with Gasteiger partial charge in [-0.1, -0.05) is 26.0 Å². The van der Waals surface area contributed by atoms with Gasteiger partial charge in [0.15, 0.2) is 0 Å². The minimum Gasteiger partial charge on any atom is -0.385 e. The molecule has 0 aromatic heterocycles. The van der Waals surface area contributed by atoms with E-state index < -0.39 is 0 Å². The maximum Gasteiger partial charge on any atom is 0.0643 e. The van der Waals surface area contributed by atoms with Crippen molar-refractivity contribution in [1.82, 2.24) is 0 Å². The molecule has 2 heteroatoms. The largest absolute Gasteiger partial charge is 0.385 e. The summed E-state index contributed by atoms with van der Waals surface area (Å²) >= 11 is 0. The highest BCUT2D eigenvalue weighted by Crippen LogP contribution is 1.77. The molecule has 0 saturated carbocycles. The van der Waals surface area contributed by atoms with Crippen molar-refractivity contribution in [3.05, 3.63) is 12.2 Å². The van der Waals surface area contributed by atoms with Gasteiger partial charge in [-0.05, 0) is 12.8 Å². The highest BCUT2D eigenvalue weighted by Gasteiger charge is 1.66. The average molecular weight is 174 g/mol. The molecule has 0 saturated heterocycles. The molecule has 0 aromatic carbocycles. The first-order valence-corrected chi connectivity index (χ1v) is 4.46. The Hall–Kier alpha value is -0.340. The van der Waals surface area contributed by atoms with Crippen LogP contribution in [0.5, 0.6) is 0 Å². The molecule has 2 nitrogen and oxygen atoms in total. The lowest BCUT2D eigenvalue weighted by molar-refractivity contribution is 0.199. The van der Waals surface area contributed by atoms with E-state index in [1.54, 1.807) is 14.2 Å².